The maximum atomic E-state index is 12.7. The number of hydrogen-bond acceptors (Lipinski definition) is 5. The van der Waals surface area contributed by atoms with Crippen molar-refractivity contribution in [1.82, 2.24) is 14.4 Å². The largest absolute Gasteiger partial charge is 0.378 e. The van der Waals surface area contributed by atoms with Crippen molar-refractivity contribution in [2.24, 2.45) is 0 Å². The number of morpholine rings is 1. The summed E-state index contributed by atoms with van der Waals surface area (Å²) >= 11 is 5.99. The highest BCUT2D eigenvalue weighted by Gasteiger charge is 2.17. The number of hydrogen-bond donors (Lipinski definition) is 1. The number of imidazole rings is 1. The van der Waals surface area contributed by atoms with Crippen LogP contribution in [0.25, 0.3) is 5.65 Å². The fourth-order valence-corrected chi connectivity index (χ4v) is 3.19. The van der Waals surface area contributed by atoms with Crippen molar-refractivity contribution in [3.8, 4) is 0 Å². The van der Waals surface area contributed by atoms with Gasteiger partial charge in [0, 0.05) is 30.4 Å². The molecule has 3 aromatic heterocycles. The van der Waals surface area contributed by atoms with Crippen LogP contribution < -0.4 is 10.2 Å². The van der Waals surface area contributed by atoms with Crippen molar-refractivity contribution < 1.29 is 9.53 Å². The topological polar surface area (TPSA) is 71.8 Å². The molecule has 134 valence electrons. The zero-order valence-electron chi connectivity index (χ0n) is 14.3. The van der Waals surface area contributed by atoms with Crippen LogP contribution in [0.5, 0.6) is 0 Å². The summed E-state index contributed by atoms with van der Waals surface area (Å²) in [5.41, 5.74) is 2.40. The van der Waals surface area contributed by atoms with Gasteiger partial charge in [0.25, 0.3) is 5.91 Å². The lowest BCUT2D eigenvalue weighted by atomic mass is 10.3. The number of aryl methyl sites for hydroxylation is 1. The Morgan fingerprint density at radius 2 is 2.08 bits per heavy atom. The molecule has 26 heavy (non-hydrogen) atoms. The molecule has 1 aliphatic heterocycles. The van der Waals surface area contributed by atoms with Gasteiger partial charge in [0.15, 0.2) is 0 Å². The first-order chi connectivity index (χ1) is 12.6. The Morgan fingerprint density at radius 3 is 2.81 bits per heavy atom. The number of nitrogens with zero attached hydrogens (tertiary/aromatic N) is 4. The average molecular weight is 372 g/mol. The van der Waals surface area contributed by atoms with Gasteiger partial charge in [0.1, 0.15) is 17.2 Å². The third kappa shape index (κ3) is 3.23. The maximum Gasteiger partial charge on any atom is 0.274 e. The van der Waals surface area contributed by atoms with Crippen molar-refractivity contribution in [1.29, 1.82) is 0 Å². The molecule has 1 fully saturated rings. The first-order valence-electron chi connectivity index (χ1n) is 8.36. The van der Waals surface area contributed by atoms with E-state index in [1.165, 1.54) is 0 Å². The number of amides is 1. The zero-order chi connectivity index (χ0) is 18.1. The molecular weight excluding hydrogens is 354 g/mol. The Labute approximate surface area is 155 Å². The lowest BCUT2D eigenvalue weighted by Crippen LogP contribution is -2.36. The van der Waals surface area contributed by atoms with Gasteiger partial charge in [-0.15, -0.1) is 0 Å². The van der Waals surface area contributed by atoms with Crippen LogP contribution in [0.4, 0.5) is 11.5 Å². The molecule has 0 atom stereocenters. The van der Waals surface area contributed by atoms with E-state index in [-0.39, 0.29) is 5.91 Å². The lowest BCUT2D eigenvalue weighted by molar-refractivity contribution is 0.102. The van der Waals surface area contributed by atoms with Crippen LogP contribution in [0, 0.1) is 6.92 Å². The van der Waals surface area contributed by atoms with E-state index in [9.17, 15) is 4.79 Å². The summed E-state index contributed by atoms with van der Waals surface area (Å²) in [4.78, 5) is 23.7. The predicted molar refractivity (Wildman–Crippen MR) is 100 cm³/mol. The zero-order valence-corrected chi connectivity index (χ0v) is 15.0. The number of nitrogens with one attached hydrogen (secondary N) is 1. The van der Waals surface area contributed by atoms with Crippen LogP contribution in [-0.4, -0.2) is 46.6 Å². The number of pyridine rings is 2. The van der Waals surface area contributed by atoms with Gasteiger partial charge in [0.05, 0.1) is 30.8 Å². The summed E-state index contributed by atoms with van der Waals surface area (Å²) in [6.45, 7) is 4.86. The predicted octanol–water partition coefficient (Wildman–Crippen LogP) is 2.78. The Balaban J connectivity index is 1.54. The van der Waals surface area contributed by atoms with Gasteiger partial charge in [-0.25, -0.2) is 9.97 Å². The second-order valence-electron chi connectivity index (χ2n) is 6.08. The van der Waals surface area contributed by atoms with E-state index < -0.39 is 0 Å². The third-order valence-electron chi connectivity index (χ3n) is 4.32. The fraction of sp³-hybridized carbons (Fsp3) is 0.278. The Kier molecular flexibility index (Phi) is 4.48. The molecule has 1 N–H and O–H groups in total. The van der Waals surface area contributed by atoms with Crippen molar-refractivity contribution in [3.63, 3.8) is 0 Å². The number of carbonyl (C=O) groups excluding carboxylic acids is 1. The number of aromatic nitrogens is 3. The summed E-state index contributed by atoms with van der Waals surface area (Å²) < 4.78 is 7.08. The highest BCUT2D eigenvalue weighted by Crippen LogP contribution is 2.19. The Bertz CT molecular complexity index is 948. The molecule has 0 aliphatic carbocycles. The molecule has 0 unspecified atom stereocenters. The highest BCUT2D eigenvalue weighted by atomic mass is 35.5. The van der Waals surface area contributed by atoms with Crippen LogP contribution in [0.3, 0.4) is 0 Å². The van der Waals surface area contributed by atoms with Crippen LogP contribution in [-0.2, 0) is 4.74 Å². The Hall–Kier alpha value is -2.64. The number of anilines is 2. The molecule has 0 radical (unpaired) electrons. The molecule has 4 rings (SSSR count). The highest BCUT2D eigenvalue weighted by molar-refractivity contribution is 6.30. The van der Waals surface area contributed by atoms with E-state index in [1.807, 2.05) is 12.1 Å². The molecule has 3 aromatic rings. The van der Waals surface area contributed by atoms with Gasteiger partial charge in [0.2, 0.25) is 0 Å². The van der Waals surface area contributed by atoms with Crippen LogP contribution in [0.2, 0.25) is 5.02 Å². The SMILES string of the molecule is Cc1nc2cc(Cl)ccn2c1C(=O)Nc1ccc(N2CCOCC2)nc1. The van der Waals surface area contributed by atoms with Gasteiger partial charge >= 0.3 is 0 Å². The third-order valence-corrected chi connectivity index (χ3v) is 4.55. The molecule has 0 bridgehead atoms. The molecule has 0 aromatic carbocycles. The van der Waals surface area contributed by atoms with Gasteiger partial charge < -0.3 is 15.0 Å². The van der Waals surface area contributed by atoms with Crippen molar-refractivity contribution in [2.75, 3.05) is 36.5 Å². The van der Waals surface area contributed by atoms with Crippen LogP contribution in [0.15, 0.2) is 36.7 Å². The number of ether oxygens (including phenoxy) is 1. The van der Waals surface area contributed by atoms with Crippen LogP contribution in [0.1, 0.15) is 16.2 Å². The monoisotopic (exact) mass is 371 g/mol. The molecular formula is C18H18ClN5O2. The van der Waals surface area contributed by atoms with E-state index in [0.717, 1.165) is 18.9 Å². The van der Waals surface area contributed by atoms with E-state index in [1.54, 1.807) is 35.9 Å². The summed E-state index contributed by atoms with van der Waals surface area (Å²) in [5, 5.41) is 3.46. The quantitative estimate of drug-likeness (QED) is 0.766. The summed E-state index contributed by atoms with van der Waals surface area (Å²) in [6.07, 6.45) is 3.41. The minimum Gasteiger partial charge on any atom is -0.378 e. The lowest BCUT2D eigenvalue weighted by Gasteiger charge is -2.27. The van der Waals surface area contributed by atoms with Crippen molar-refractivity contribution in [3.05, 3.63) is 53.1 Å². The number of fused-ring (bicyclic) bond motifs is 1. The number of halogens is 1. The molecule has 4 heterocycles. The first kappa shape index (κ1) is 16.8. The van der Waals surface area contributed by atoms with Gasteiger partial charge in [-0.05, 0) is 25.1 Å². The molecule has 0 spiro atoms. The van der Waals surface area contributed by atoms with Crippen molar-refractivity contribution in [2.45, 2.75) is 6.92 Å². The average Bonchev–Trinajstić information content (AvgIpc) is 2.98. The standard InChI is InChI=1S/C18H18ClN5O2/c1-12-17(24-5-4-13(19)10-16(24)21-12)18(25)22-14-2-3-15(20-11-14)23-6-8-26-9-7-23/h2-5,10-11H,6-9H2,1H3,(H,22,25). The van der Waals surface area contributed by atoms with E-state index in [0.29, 0.717) is 41.0 Å². The first-order valence-corrected chi connectivity index (χ1v) is 8.74. The van der Waals surface area contributed by atoms with Crippen LogP contribution >= 0.6 is 11.6 Å². The minimum absolute atomic E-state index is 0.238. The maximum absolute atomic E-state index is 12.7. The molecule has 1 saturated heterocycles. The molecule has 7 nitrogen and oxygen atoms in total. The fourth-order valence-electron chi connectivity index (χ4n) is 3.04. The minimum atomic E-state index is -0.238. The molecule has 0 saturated carbocycles. The summed E-state index contributed by atoms with van der Waals surface area (Å²) in [7, 11) is 0. The van der Waals surface area contributed by atoms with E-state index >= 15 is 0 Å². The van der Waals surface area contributed by atoms with E-state index in [4.69, 9.17) is 16.3 Å². The summed E-state index contributed by atoms with van der Waals surface area (Å²) in [6, 6.07) is 7.21. The second-order valence-corrected chi connectivity index (χ2v) is 6.51. The molecule has 8 heteroatoms. The van der Waals surface area contributed by atoms with Crippen molar-refractivity contribution >= 4 is 34.7 Å². The second kappa shape index (κ2) is 6.93. The smallest absolute Gasteiger partial charge is 0.274 e. The number of rotatable bonds is 3. The summed E-state index contributed by atoms with van der Waals surface area (Å²) in [5.74, 6) is 0.644. The van der Waals surface area contributed by atoms with Gasteiger partial charge in [-0.1, -0.05) is 11.6 Å². The Morgan fingerprint density at radius 1 is 1.27 bits per heavy atom. The molecule has 1 aliphatic rings. The van der Waals surface area contributed by atoms with Gasteiger partial charge in [-0.3, -0.25) is 9.20 Å². The van der Waals surface area contributed by atoms with E-state index in [2.05, 4.69) is 20.2 Å². The molecule has 1 amide bonds. The number of carbonyl (C=O) groups is 1. The normalized spacial score (nSPS) is 14.6. The van der Waals surface area contributed by atoms with Gasteiger partial charge in [-0.2, -0.15) is 0 Å².